The Kier molecular flexibility index (Phi) is 3.65. The maximum Gasteiger partial charge on any atom is 0.0977 e. The molecule has 0 bridgehead atoms. The number of rotatable bonds is 1. The van der Waals surface area contributed by atoms with E-state index in [1.54, 1.807) is 0 Å². The number of hydrogen-bond acceptors (Lipinski definition) is 0. The minimum atomic E-state index is -0.150. The molecule has 4 rings (SSSR count). The monoisotopic (exact) mass is 474 g/mol. The van der Waals surface area contributed by atoms with Crippen LogP contribution in [0.2, 0.25) is 0 Å². The summed E-state index contributed by atoms with van der Waals surface area (Å²) in [5, 5.41) is 0. The Hall–Kier alpha value is -1.13. The molecule has 2 aromatic carbocycles. The molecule has 0 fully saturated rings. The zero-order valence-corrected chi connectivity index (χ0v) is 16.5. The van der Waals surface area contributed by atoms with Gasteiger partial charge >= 0.3 is 0 Å². The van der Waals surface area contributed by atoms with Gasteiger partial charge in [0.05, 0.1) is 7.75 Å². The predicted molar refractivity (Wildman–Crippen MR) is 110 cm³/mol. The Morgan fingerprint density at radius 1 is 0.870 bits per heavy atom. The minimum absolute atomic E-state index is 0.128. The highest BCUT2D eigenvalue weighted by Crippen LogP contribution is 2.57. The van der Waals surface area contributed by atoms with E-state index in [9.17, 15) is 0 Å². The topological polar surface area (TPSA) is 0 Å². The summed E-state index contributed by atoms with van der Waals surface area (Å²) in [6.45, 7) is 2.18. The largest absolute Gasteiger partial charge is 0.0977 e. The molecule has 0 saturated carbocycles. The lowest BCUT2D eigenvalue weighted by Gasteiger charge is -2.28. The van der Waals surface area contributed by atoms with Gasteiger partial charge in [-0.25, -0.2) is 0 Å². The third-order valence-electron chi connectivity index (χ3n) is 4.53. The predicted octanol–water partition coefficient (Wildman–Crippen LogP) is 6.55. The van der Waals surface area contributed by atoms with Gasteiger partial charge in [-0.15, -0.1) is 0 Å². The Balaban J connectivity index is 2.03. The average Bonchev–Trinajstić information content (AvgIpc) is 2.67. The van der Waals surface area contributed by atoms with E-state index in [0.29, 0.717) is 0 Å². The standard InChI is InChI=1S/C21H16BrI/c1-20(22)13-7-6-8-15(14-20)21(23)18-11-4-2-9-16(18)17-10-3-5-12-19(17)21/h2-14H,1H3. The van der Waals surface area contributed by atoms with Gasteiger partial charge in [0.25, 0.3) is 0 Å². The molecule has 0 radical (unpaired) electrons. The Morgan fingerprint density at radius 3 is 2.04 bits per heavy atom. The lowest BCUT2D eigenvalue weighted by Crippen LogP contribution is -2.21. The molecule has 2 aliphatic rings. The van der Waals surface area contributed by atoms with Crippen LogP contribution in [0.25, 0.3) is 11.1 Å². The molecule has 1 atom stereocenters. The number of halogens is 2. The molecular formula is C21H16BrI. The van der Waals surface area contributed by atoms with E-state index in [1.807, 2.05) is 0 Å². The summed E-state index contributed by atoms with van der Waals surface area (Å²) in [6.07, 6.45) is 11.0. The van der Waals surface area contributed by atoms with Crippen LogP contribution in [-0.4, -0.2) is 4.32 Å². The van der Waals surface area contributed by atoms with Gasteiger partial charge in [0.15, 0.2) is 0 Å². The van der Waals surface area contributed by atoms with Gasteiger partial charge in [-0.3, -0.25) is 0 Å². The number of allylic oxidation sites excluding steroid dienone is 6. The first-order valence-corrected chi connectivity index (χ1v) is 9.56. The van der Waals surface area contributed by atoms with Crippen LogP contribution in [0, 0.1) is 0 Å². The van der Waals surface area contributed by atoms with E-state index in [0.717, 1.165) is 0 Å². The molecule has 0 saturated heterocycles. The molecule has 2 heteroatoms. The molecule has 0 spiro atoms. The molecule has 114 valence electrons. The Labute approximate surface area is 159 Å². The van der Waals surface area contributed by atoms with E-state index in [4.69, 9.17) is 0 Å². The van der Waals surface area contributed by atoms with E-state index in [-0.39, 0.29) is 7.75 Å². The molecule has 0 aromatic heterocycles. The van der Waals surface area contributed by atoms with Gasteiger partial charge in [-0.1, -0.05) is 117 Å². The lowest BCUT2D eigenvalue weighted by atomic mass is 9.87. The van der Waals surface area contributed by atoms with Crippen molar-refractivity contribution in [2.75, 3.05) is 0 Å². The normalized spacial score (nSPS) is 23.9. The molecular weight excluding hydrogens is 459 g/mol. The molecule has 0 aliphatic heterocycles. The summed E-state index contributed by atoms with van der Waals surface area (Å²) in [6, 6.07) is 17.6. The lowest BCUT2D eigenvalue weighted by molar-refractivity contribution is 0.934. The molecule has 23 heavy (non-hydrogen) atoms. The van der Waals surface area contributed by atoms with Crippen molar-refractivity contribution in [3.8, 4) is 11.1 Å². The van der Waals surface area contributed by atoms with Gasteiger partial charge in [-0.05, 0) is 34.8 Å². The molecule has 0 amide bonds. The second-order valence-corrected chi connectivity index (χ2v) is 9.55. The summed E-state index contributed by atoms with van der Waals surface area (Å²) in [5.41, 5.74) is 6.77. The van der Waals surface area contributed by atoms with E-state index in [2.05, 4.69) is 124 Å². The fourth-order valence-electron chi connectivity index (χ4n) is 3.51. The van der Waals surface area contributed by atoms with Crippen molar-refractivity contribution in [2.24, 2.45) is 0 Å². The summed E-state index contributed by atoms with van der Waals surface area (Å²) in [5.74, 6) is 0. The second-order valence-electron chi connectivity index (χ2n) is 6.22. The van der Waals surface area contributed by atoms with Crippen LogP contribution in [-0.2, 0) is 3.42 Å². The van der Waals surface area contributed by atoms with Crippen LogP contribution in [0.1, 0.15) is 18.1 Å². The first-order chi connectivity index (χ1) is 11.0. The number of hydrogen-bond donors (Lipinski definition) is 0. The van der Waals surface area contributed by atoms with Crippen molar-refractivity contribution >= 4 is 38.5 Å². The summed E-state index contributed by atoms with van der Waals surface area (Å²) < 4.78 is -0.279. The van der Waals surface area contributed by atoms with Crippen LogP contribution in [0.3, 0.4) is 0 Å². The molecule has 2 aliphatic carbocycles. The van der Waals surface area contributed by atoms with E-state index < -0.39 is 0 Å². The van der Waals surface area contributed by atoms with Gasteiger partial charge in [0, 0.05) is 0 Å². The fourth-order valence-corrected chi connectivity index (χ4v) is 5.19. The smallest absolute Gasteiger partial charge is 0.0765 e. The van der Waals surface area contributed by atoms with Gasteiger partial charge < -0.3 is 0 Å². The van der Waals surface area contributed by atoms with Crippen LogP contribution in [0.15, 0.2) is 84.5 Å². The molecule has 0 heterocycles. The summed E-state index contributed by atoms with van der Waals surface area (Å²) in [4.78, 5) is 0. The van der Waals surface area contributed by atoms with E-state index in [1.165, 1.54) is 27.8 Å². The highest BCUT2D eigenvalue weighted by atomic mass is 127. The van der Waals surface area contributed by atoms with Gasteiger partial charge in [0.2, 0.25) is 0 Å². The highest BCUT2D eigenvalue weighted by Gasteiger charge is 2.43. The minimum Gasteiger partial charge on any atom is -0.0765 e. The van der Waals surface area contributed by atoms with Crippen LogP contribution in [0.4, 0.5) is 0 Å². The summed E-state index contributed by atoms with van der Waals surface area (Å²) in [7, 11) is 0. The molecule has 2 aromatic rings. The van der Waals surface area contributed by atoms with Crippen molar-refractivity contribution in [1.82, 2.24) is 0 Å². The summed E-state index contributed by atoms with van der Waals surface area (Å²) >= 11 is 6.46. The highest BCUT2D eigenvalue weighted by molar-refractivity contribution is 14.1. The number of alkyl halides is 2. The van der Waals surface area contributed by atoms with Crippen molar-refractivity contribution in [1.29, 1.82) is 0 Å². The van der Waals surface area contributed by atoms with Gasteiger partial charge in [0.1, 0.15) is 0 Å². The first kappa shape index (κ1) is 15.4. The second kappa shape index (κ2) is 5.45. The van der Waals surface area contributed by atoms with E-state index >= 15 is 0 Å². The van der Waals surface area contributed by atoms with Crippen molar-refractivity contribution < 1.29 is 0 Å². The maximum atomic E-state index is 3.83. The zero-order valence-electron chi connectivity index (χ0n) is 12.8. The third kappa shape index (κ3) is 2.38. The SMILES string of the molecule is CC1(Br)C=CC=CC(C2(I)c3ccccc3-c3ccccc32)=C1. The number of benzene rings is 2. The molecule has 0 N–H and O–H groups in total. The van der Waals surface area contributed by atoms with Gasteiger partial charge in [-0.2, -0.15) is 0 Å². The average molecular weight is 475 g/mol. The third-order valence-corrected chi connectivity index (χ3v) is 6.81. The van der Waals surface area contributed by atoms with Crippen molar-refractivity contribution in [2.45, 2.75) is 14.7 Å². The Morgan fingerprint density at radius 2 is 1.43 bits per heavy atom. The van der Waals surface area contributed by atoms with Crippen molar-refractivity contribution in [3.63, 3.8) is 0 Å². The van der Waals surface area contributed by atoms with Crippen LogP contribution < -0.4 is 0 Å². The molecule has 1 unspecified atom stereocenters. The zero-order chi connectivity index (χ0) is 16.1. The Bertz CT molecular complexity index is 825. The van der Waals surface area contributed by atoms with Crippen molar-refractivity contribution in [3.05, 3.63) is 95.6 Å². The number of fused-ring (bicyclic) bond motifs is 3. The maximum absolute atomic E-state index is 3.83. The fraction of sp³-hybridized carbons (Fsp3) is 0.143. The quantitative estimate of drug-likeness (QED) is 0.324. The van der Waals surface area contributed by atoms with Crippen LogP contribution in [0.5, 0.6) is 0 Å². The first-order valence-electron chi connectivity index (χ1n) is 7.69. The van der Waals surface area contributed by atoms with Crippen LogP contribution >= 0.6 is 38.5 Å². The molecule has 0 nitrogen and oxygen atoms in total.